The number of amides is 2. The van der Waals surface area contributed by atoms with E-state index in [-0.39, 0.29) is 22.8 Å². The SMILES string of the molecule is CC(C)C(=O)N1CCN(c2ccc(NC(=S)NC(=O)c3cc(I)ccc3Cl)cc2)CC1. The molecule has 0 atom stereocenters. The maximum Gasteiger partial charge on any atom is 0.258 e. The zero-order valence-corrected chi connectivity index (χ0v) is 21.1. The van der Waals surface area contributed by atoms with Crippen LogP contribution in [0.5, 0.6) is 0 Å². The van der Waals surface area contributed by atoms with Crippen LogP contribution in [0.1, 0.15) is 24.2 Å². The predicted molar refractivity (Wildman–Crippen MR) is 138 cm³/mol. The van der Waals surface area contributed by atoms with Crippen molar-refractivity contribution in [2.45, 2.75) is 13.8 Å². The molecular formula is C22H24ClIN4O2S. The lowest BCUT2D eigenvalue weighted by atomic mass is 10.1. The largest absolute Gasteiger partial charge is 0.368 e. The quantitative estimate of drug-likeness (QED) is 0.422. The Morgan fingerprint density at radius 3 is 2.32 bits per heavy atom. The van der Waals surface area contributed by atoms with Crippen molar-refractivity contribution in [3.8, 4) is 0 Å². The molecule has 6 nitrogen and oxygen atoms in total. The number of anilines is 2. The van der Waals surface area contributed by atoms with Gasteiger partial charge in [-0.1, -0.05) is 25.4 Å². The highest BCUT2D eigenvalue weighted by molar-refractivity contribution is 14.1. The molecule has 2 amide bonds. The zero-order chi connectivity index (χ0) is 22.5. The number of carbonyl (C=O) groups excluding carboxylic acids is 2. The third kappa shape index (κ3) is 6.30. The van der Waals surface area contributed by atoms with E-state index in [1.807, 2.05) is 49.1 Å². The molecule has 164 valence electrons. The summed E-state index contributed by atoms with van der Waals surface area (Å²) in [4.78, 5) is 28.8. The summed E-state index contributed by atoms with van der Waals surface area (Å²) in [6.45, 7) is 6.93. The van der Waals surface area contributed by atoms with E-state index in [9.17, 15) is 9.59 Å². The second kappa shape index (κ2) is 10.6. The monoisotopic (exact) mass is 570 g/mol. The van der Waals surface area contributed by atoms with Crippen LogP contribution >= 0.6 is 46.4 Å². The first kappa shape index (κ1) is 23.7. The number of hydrogen-bond donors (Lipinski definition) is 2. The van der Waals surface area contributed by atoms with Gasteiger partial charge in [0, 0.05) is 47.0 Å². The number of halogens is 2. The van der Waals surface area contributed by atoms with Crippen molar-refractivity contribution in [1.29, 1.82) is 0 Å². The van der Waals surface area contributed by atoms with Gasteiger partial charge in [-0.15, -0.1) is 0 Å². The van der Waals surface area contributed by atoms with Gasteiger partial charge in [-0.05, 0) is 77.3 Å². The van der Waals surface area contributed by atoms with Crippen LogP contribution in [0.2, 0.25) is 5.02 Å². The molecule has 1 saturated heterocycles. The highest BCUT2D eigenvalue weighted by Gasteiger charge is 2.23. The Kier molecular flexibility index (Phi) is 8.12. The van der Waals surface area contributed by atoms with E-state index in [2.05, 4.69) is 38.1 Å². The van der Waals surface area contributed by atoms with E-state index in [4.69, 9.17) is 23.8 Å². The van der Waals surface area contributed by atoms with E-state index in [1.54, 1.807) is 12.1 Å². The second-order valence-corrected chi connectivity index (χ2v) is 9.61. The Bertz CT molecular complexity index is 976. The normalized spacial score (nSPS) is 13.8. The van der Waals surface area contributed by atoms with Crippen LogP contribution in [-0.4, -0.2) is 48.0 Å². The molecule has 9 heteroatoms. The molecule has 0 aliphatic carbocycles. The molecule has 0 bridgehead atoms. The molecule has 0 radical (unpaired) electrons. The van der Waals surface area contributed by atoms with E-state index in [0.29, 0.717) is 10.6 Å². The van der Waals surface area contributed by atoms with Crippen LogP contribution in [0.3, 0.4) is 0 Å². The van der Waals surface area contributed by atoms with Gasteiger partial charge in [0.15, 0.2) is 5.11 Å². The van der Waals surface area contributed by atoms with E-state index >= 15 is 0 Å². The van der Waals surface area contributed by atoms with Crippen molar-refractivity contribution in [3.63, 3.8) is 0 Å². The highest BCUT2D eigenvalue weighted by Crippen LogP contribution is 2.21. The van der Waals surface area contributed by atoms with E-state index < -0.39 is 0 Å². The smallest absolute Gasteiger partial charge is 0.258 e. The summed E-state index contributed by atoms with van der Waals surface area (Å²) in [7, 11) is 0. The van der Waals surface area contributed by atoms with Crippen LogP contribution < -0.4 is 15.5 Å². The second-order valence-electron chi connectivity index (χ2n) is 7.55. The topological polar surface area (TPSA) is 64.7 Å². The van der Waals surface area contributed by atoms with Crippen molar-refractivity contribution >= 4 is 74.7 Å². The lowest BCUT2D eigenvalue weighted by Crippen LogP contribution is -2.49. The van der Waals surface area contributed by atoms with Gasteiger partial charge >= 0.3 is 0 Å². The van der Waals surface area contributed by atoms with Crippen molar-refractivity contribution in [3.05, 3.63) is 56.6 Å². The summed E-state index contributed by atoms with van der Waals surface area (Å²) in [6, 6.07) is 13.1. The summed E-state index contributed by atoms with van der Waals surface area (Å²) in [6.07, 6.45) is 0. The molecule has 1 aliphatic heterocycles. The summed E-state index contributed by atoms with van der Waals surface area (Å²) in [5.41, 5.74) is 2.24. The van der Waals surface area contributed by atoms with Gasteiger partial charge in [0.1, 0.15) is 0 Å². The van der Waals surface area contributed by atoms with Crippen LogP contribution in [0, 0.1) is 9.49 Å². The summed E-state index contributed by atoms with van der Waals surface area (Å²) in [5, 5.41) is 6.26. The first-order chi connectivity index (χ1) is 14.7. The molecule has 2 aromatic rings. The van der Waals surface area contributed by atoms with Crippen molar-refractivity contribution in [2.24, 2.45) is 5.92 Å². The Morgan fingerprint density at radius 1 is 1.06 bits per heavy atom. The fraction of sp³-hybridized carbons (Fsp3) is 0.318. The Hall–Kier alpha value is -1.91. The van der Waals surface area contributed by atoms with E-state index in [0.717, 1.165) is 41.1 Å². The van der Waals surface area contributed by atoms with Crippen molar-refractivity contribution < 1.29 is 9.59 Å². The Morgan fingerprint density at radius 2 is 1.71 bits per heavy atom. The molecule has 1 aliphatic rings. The standard InChI is InChI=1S/C22H24ClIN4O2S/c1-14(2)21(30)28-11-9-27(10-12-28)17-6-4-16(5-7-17)25-22(31)26-20(29)18-13-15(24)3-8-19(18)23/h3-8,13-14H,9-12H2,1-2H3,(H2,25,26,29,31). The minimum absolute atomic E-state index is 0.0303. The fourth-order valence-electron chi connectivity index (χ4n) is 3.31. The molecule has 0 spiro atoms. The molecule has 0 aromatic heterocycles. The molecule has 31 heavy (non-hydrogen) atoms. The fourth-order valence-corrected chi connectivity index (χ4v) is 4.22. The minimum Gasteiger partial charge on any atom is -0.368 e. The summed E-state index contributed by atoms with van der Waals surface area (Å²) < 4.78 is 0.913. The lowest BCUT2D eigenvalue weighted by Gasteiger charge is -2.37. The molecule has 3 rings (SSSR count). The number of thiocarbonyl (C=S) groups is 1. The number of carbonyl (C=O) groups is 2. The average Bonchev–Trinajstić information content (AvgIpc) is 2.75. The number of benzene rings is 2. The van der Waals surface area contributed by atoms with Gasteiger partial charge in [-0.2, -0.15) is 0 Å². The van der Waals surface area contributed by atoms with Crippen LogP contribution in [-0.2, 0) is 4.79 Å². The Balaban J connectivity index is 1.53. The summed E-state index contributed by atoms with van der Waals surface area (Å²) in [5.74, 6) is -0.115. The van der Waals surface area contributed by atoms with E-state index in [1.165, 1.54) is 0 Å². The summed E-state index contributed by atoms with van der Waals surface area (Å²) >= 11 is 13.5. The maximum absolute atomic E-state index is 12.4. The molecule has 1 heterocycles. The van der Waals surface area contributed by atoms with Crippen LogP contribution in [0.15, 0.2) is 42.5 Å². The lowest BCUT2D eigenvalue weighted by molar-refractivity contribution is -0.134. The van der Waals surface area contributed by atoms with Crippen LogP contribution in [0.25, 0.3) is 0 Å². The minimum atomic E-state index is -0.355. The number of nitrogens with zero attached hydrogens (tertiary/aromatic N) is 2. The molecule has 2 aromatic carbocycles. The molecule has 1 fully saturated rings. The highest BCUT2D eigenvalue weighted by atomic mass is 127. The molecular weight excluding hydrogens is 547 g/mol. The third-order valence-electron chi connectivity index (χ3n) is 4.98. The number of nitrogens with one attached hydrogen (secondary N) is 2. The van der Waals surface area contributed by atoms with Gasteiger partial charge in [-0.25, -0.2) is 0 Å². The van der Waals surface area contributed by atoms with Gasteiger partial charge in [0.25, 0.3) is 5.91 Å². The average molecular weight is 571 g/mol. The first-order valence-electron chi connectivity index (χ1n) is 9.96. The van der Waals surface area contributed by atoms with Gasteiger partial charge in [0.05, 0.1) is 10.6 Å². The third-order valence-corrected chi connectivity index (χ3v) is 6.18. The van der Waals surface area contributed by atoms with Gasteiger partial charge < -0.3 is 15.1 Å². The van der Waals surface area contributed by atoms with Gasteiger partial charge in [-0.3, -0.25) is 14.9 Å². The molecule has 0 unspecified atom stereocenters. The zero-order valence-electron chi connectivity index (χ0n) is 17.3. The number of rotatable bonds is 4. The molecule has 2 N–H and O–H groups in total. The Labute approximate surface area is 206 Å². The van der Waals surface area contributed by atoms with Crippen molar-refractivity contribution in [2.75, 3.05) is 36.4 Å². The van der Waals surface area contributed by atoms with Crippen LogP contribution in [0.4, 0.5) is 11.4 Å². The van der Waals surface area contributed by atoms with Crippen molar-refractivity contribution in [1.82, 2.24) is 10.2 Å². The first-order valence-corrected chi connectivity index (χ1v) is 11.8. The number of piperazine rings is 1. The predicted octanol–water partition coefficient (Wildman–Crippen LogP) is 4.38. The molecule has 0 saturated carbocycles. The van der Waals surface area contributed by atoms with Gasteiger partial charge in [0.2, 0.25) is 5.91 Å². The maximum atomic E-state index is 12.4. The number of hydrogen-bond acceptors (Lipinski definition) is 4.